The molecule has 0 aliphatic rings. The Morgan fingerprint density at radius 3 is 2.24 bits per heavy atom. The summed E-state index contributed by atoms with van der Waals surface area (Å²) in [5, 5.41) is 6.57. The summed E-state index contributed by atoms with van der Waals surface area (Å²) in [7, 11) is 0. The molecule has 6 heteroatoms. The molecule has 0 spiro atoms. The SMILES string of the molecule is CCNC(=NCC(C)(C)C(N)=O)NC(C)CCC(C)C.I. The highest BCUT2D eigenvalue weighted by atomic mass is 127. The van der Waals surface area contributed by atoms with Gasteiger partial charge in [0.05, 0.1) is 12.0 Å². The van der Waals surface area contributed by atoms with Crippen LogP contribution in [0.5, 0.6) is 0 Å². The van der Waals surface area contributed by atoms with E-state index in [0.717, 1.165) is 18.9 Å². The molecule has 126 valence electrons. The quantitative estimate of drug-likeness (QED) is 0.326. The lowest BCUT2D eigenvalue weighted by Crippen LogP contribution is -2.43. The van der Waals surface area contributed by atoms with E-state index in [1.54, 1.807) is 0 Å². The van der Waals surface area contributed by atoms with Gasteiger partial charge in [0.2, 0.25) is 5.91 Å². The number of halogens is 1. The van der Waals surface area contributed by atoms with E-state index in [2.05, 4.69) is 36.4 Å². The molecular weight excluding hydrogens is 379 g/mol. The highest BCUT2D eigenvalue weighted by Gasteiger charge is 2.24. The first-order valence-electron chi connectivity index (χ1n) is 7.53. The van der Waals surface area contributed by atoms with Gasteiger partial charge in [-0.15, -0.1) is 24.0 Å². The number of nitrogens with two attached hydrogens (primary N) is 1. The lowest BCUT2D eigenvalue weighted by atomic mass is 9.93. The number of guanidine groups is 1. The van der Waals surface area contributed by atoms with Gasteiger partial charge in [0.1, 0.15) is 0 Å². The molecule has 1 atom stereocenters. The minimum Gasteiger partial charge on any atom is -0.369 e. The fraction of sp³-hybridized carbons (Fsp3) is 0.867. The minimum atomic E-state index is -0.622. The van der Waals surface area contributed by atoms with E-state index >= 15 is 0 Å². The Bertz CT molecular complexity index is 330. The number of aliphatic imine (C=N–C) groups is 1. The van der Waals surface area contributed by atoms with Crippen molar-refractivity contribution >= 4 is 35.8 Å². The van der Waals surface area contributed by atoms with Crippen molar-refractivity contribution < 1.29 is 4.79 Å². The zero-order valence-corrected chi connectivity index (χ0v) is 16.7. The summed E-state index contributed by atoms with van der Waals surface area (Å²) in [6.07, 6.45) is 2.28. The Hall–Kier alpha value is -0.530. The first-order valence-corrected chi connectivity index (χ1v) is 7.53. The number of rotatable bonds is 8. The molecule has 1 unspecified atom stereocenters. The van der Waals surface area contributed by atoms with E-state index in [1.807, 2.05) is 20.8 Å². The Morgan fingerprint density at radius 1 is 1.24 bits per heavy atom. The minimum absolute atomic E-state index is 0. The zero-order valence-electron chi connectivity index (χ0n) is 14.3. The van der Waals surface area contributed by atoms with Crippen molar-refractivity contribution in [3.8, 4) is 0 Å². The molecule has 0 heterocycles. The Balaban J connectivity index is 0. The van der Waals surface area contributed by atoms with Crippen LogP contribution in [0.15, 0.2) is 4.99 Å². The van der Waals surface area contributed by atoms with Gasteiger partial charge < -0.3 is 16.4 Å². The van der Waals surface area contributed by atoms with E-state index in [1.165, 1.54) is 6.42 Å². The van der Waals surface area contributed by atoms with Gasteiger partial charge in [-0.05, 0) is 46.5 Å². The lowest BCUT2D eigenvalue weighted by molar-refractivity contribution is -0.125. The average molecular weight is 412 g/mol. The maximum Gasteiger partial charge on any atom is 0.224 e. The molecule has 0 saturated heterocycles. The number of hydrogen-bond donors (Lipinski definition) is 3. The number of amides is 1. The number of carbonyl (C=O) groups excluding carboxylic acids is 1. The van der Waals surface area contributed by atoms with Crippen molar-refractivity contribution in [1.82, 2.24) is 10.6 Å². The van der Waals surface area contributed by atoms with Gasteiger partial charge in [0.15, 0.2) is 5.96 Å². The van der Waals surface area contributed by atoms with Gasteiger partial charge in [0.25, 0.3) is 0 Å². The molecule has 0 aliphatic heterocycles. The normalized spacial score (nSPS) is 13.6. The Labute approximate surface area is 146 Å². The molecule has 1 amide bonds. The van der Waals surface area contributed by atoms with Gasteiger partial charge in [-0.25, -0.2) is 0 Å². The van der Waals surface area contributed by atoms with Crippen molar-refractivity contribution in [2.24, 2.45) is 22.1 Å². The van der Waals surface area contributed by atoms with Crippen LogP contribution in [0.2, 0.25) is 0 Å². The number of carbonyl (C=O) groups is 1. The third-order valence-electron chi connectivity index (χ3n) is 3.20. The van der Waals surface area contributed by atoms with Gasteiger partial charge in [-0.3, -0.25) is 9.79 Å². The van der Waals surface area contributed by atoms with Crippen LogP contribution < -0.4 is 16.4 Å². The van der Waals surface area contributed by atoms with Crippen molar-refractivity contribution in [3.05, 3.63) is 0 Å². The summed E-state index contributed by atoms with van der Waals surface area (Å²) in [5.74, 6) is 1.12. The van der Waals surface area contributed by atoms with Crippen LogP contribution in [0.4, 0.5) is 0 Å². The molecule has 0 radical (unpaired) electrons. The second-order valence-electron chi connectivity index (χ2n) is 6.46. The molecule has 0 rings (SSSR count). The summed E-state index contributed by atoms with van der Waals surface area (Å²) in [5.41, 5.74) is 4.74. The van der Waals surface area contributed by atoms with Gasteiger partial charge in [-0.2, -0.15) is 0 Å². The fourth-order valence-electron chi connectivity index (χ4n) is 1.56. The van der Waals surface area contributed by atoms with E-state index < -0.39 is 5.41 Å². The fourth-order valence-corrected chi connectivity index (χ4v) is 1.56. The third-order valence-corrected chi connectivity index (χ3v) is 3.20. The summed E-state index contributed by atoms with van der Waals surface area (Å²) in [6.45, 7) is 13.4. The van der Waals surface area contributed by atoms with E-state index in [-0.39, 0.29) is 29.9 Å². The molecule has 0 bridgehead atoms. The molecule has 5 nitrogen and oxygen atoms in total. The zero-order chi connectivity index (χ0) is 15.8. The maximum absolute atomic E-state index is 11.3. The molecule has 0 aromatic heterocycles. The monoisotopic (exact) mass is 412 g/mol. The molecule has 0 fully saturated rings. The molecule has 0 aromatic rings. The van der Waals surface area contributed by atoms with E-state index in [0.29, 0.717) is 18.5 Å². The topological polar surface area (TPSA) is 79.5 Å². The highest BCUT2D eigenvalue weighted by molar-refractivity contribution is 14.0. The van der Waals surface area contributed by atoms with Crippen LogP contribution >= 0.6 is 24.0 Å². The van der Waals surface area contributed by atoms with Crippen LogP contribution in [0.1, 0.15) is 54.4 Å². The van der Waals surface area contributed by atoms with E-state index in [4.69, 9.17) is 5.73 Å². The predicted octanol–water partition coefficient (Wildman–Crippen LogP) is 2.50. The summed E-state index contributed by atoms with van der Waals surface area (Å²) in [4.78, 5) is 15.8. The van der Waals surface area contributed by atoms with Crippen molar-refractivity contribution in [3.63, 3.8) is 0 Å². The van der Waals surface area contributed by atoms with Crippen molar-refractivity contribution in [2.45, 2.75) is 60.4 Å². The average Bonchev–Trinajstić information content (AvgIpc) is 2.33. The van der Waals surface area contributed by atoms with Crippen LogP contribution in [-0.4, -0.2) is 31.0 Å². The van der Waals surface area contributed by atoms with Crippen molar-refractivity contribution in [2.75, 3.05) is 13.1 Å². The lowest BCUT2D eigenvalue weighted by Gasteiger charge is -2.21. The first kappa shape index (κ1) is 22.7. The Morgan fingerprint density at radius 2 is 1.81 bits per heavy atom. The van der Waals surface area contributed by atoms with Crippen LogP contribution in [0.3, 0.4) is 0 Å². The summed E-state index contributed by atoms with van der Waals surface area (Å²) < 4.78 is 0. The third kappa shape index (κ3) is 10.8. The largest absolute Gasteiger partial charge is 0.369 e. The molecule has 0 aromatic carbocycles. The van der Waals surface area contributed by atoms with Gasteiger partial charge in [0, 0.05) is 12.6 Å². The van der Waals surface area contributed by atoms with Crippen LogP contribution in [0.25, 0.3) is 0 Å². The number of hydrogen-bond acceptors (Lipinski definition) is 2. The molecule has 0 aliphatic carbocycles. The summed E-state index contributed by atoms with van der Waals surface area (Å²) in [6, 6.07) is 0.354. The number of nitrogens with one attached hydrogen (secondary N) is 2. The first-order chi connectivity index (χ1) is 9.19. The van der Waals surface area contributed by atoms with Crippen LogP contribution in [0, 0.1) is 11.3 Å². The number of nitrogens with zero attached hydrogens (tertiary/aromatic N) is 1. The predicted molar refractivity (Wildman–Crippen MR) is 101 cm³/mol. The molecular formula is C15H33IN4O. The molecule has 4 N–H and O–H groups in total. The van der Waals surface area contributed by atoms with Crippen LogP contribution in [-0.2, 0) is 4.79 Å². The summed E-state index contributed by atoms with van der Waals surface area (Å²) >= 11 is 0. The van der Waals surface area contributed by atoms with Gasteiger partial charge in [-0.1, -0.05) is 13.8 Å². The second kappa shape index (κ2) is 11.1. The Kier molecular flexibility index (Phi) is 12.0. The smallest absolute Gasteiger partial charge is 0.224 e. The van der Waals surface area contributed by atoms with E-state index in [9.17, 15) is 4.79 Å². The van der Waals surface area contributed by atoms with Gasteiger partial charge >= 0.3 is 0 Å². The number of primary amides is 1. The molecule has 0 saturated carbocycles. The second-order valence-corrected chi connectivity index (χ2v) is 6.46. The maximum atomic E-state index is 11.3. The standard InChI is InChI=1S/C15H32N4O.HI/c1-7-17-14(18-10-15(5,6)13(16)20)19-12(4)9-8-11(2)3;/h11-12H,7-10H2,1-6H3,(H2,16,20)(H2,17,18,19);1H. The molecule has 21 heavy (non-hydrogen) atoms. The highest BCUT2D eigenvalue weighted by Crippen LogP contribution is 2.14. The van der Waals surface area contributed by atoms with Crippen molar-refractivity contribution in [1.29, 1.82) is 0 Å².